The third-order valence-corrected chi connectivity index (χ3v) is 3.64. The van der Waals surface area contributed by atoms with Crippen molar-refractivity contribution >= 4 is 5.91 Å². The van der Waals surface area contributed by atoms with Gasteiger partial charge in [-0.25, -0.2) is 0 Å². The minimum atomic E-state index is -1.02. The van der Waals surface area contributed by atoms with Crippen molar-refractivity contribution in [3.05, 3.63) is 29.8 Å². The predicted octanol–water partition coefficient (Wildman–Crippen LogP) is 2.43. The van der Waals surface area contributed by atoms with E-state index in [1.807, 2.05) is 31.2 Å². The Kier molecular flexibility index (Phi) is 4.81. The van der Waals surface area contributed by atoms with E-state index in [4.69, 9.17) is 4.74 Å². The van der Waals surface area contributed by atoms with Crippen LogP contribution in [0.25, 0.3) is 0 Å². The van der Waals surface area contributed by atoms with Crippen molar-refractivity contribution in [2.24, 2.45) is 0 Å². The van der Waals surface area contributed by atoms with Gasteiger partial charge in [0.25, 0.3) is 5.91 Å². The summed E-state index contributed by atoms with van der Waals surface area (Å²) in [5.74, 6) is 0.410. The molecule has 0 saturated carbocycles. The standard InChI is InChI=1S/C16H25NO3/c1-11-8-7-9-13(10-11)20-12(2)14(18)17-15(3,4)16(5,6)19/h7-10,12,19H,1-6H3,(H,17,18). The Morgan fingerprint density at radius 2 is 1.90 bits per heavy atom. The van der Waals surface area contributed by atoms with Crippen LogP contribution >= 0.6 is 0 Å². The SMILES string of the molecule is Cc1cccc(OC(C)C(=O)NC(C)(C)C(C)(C)O)c1. The van der Waals surface area contributed by atoms with Crippen LogP contribution < -0.4 is 10.1 Å². The summed E-state index contributed by atoms with van der Waals surface area (Å²) in [6.07, 6.45) is -0.626. The number of aliphatic hydroxyl groups is 1. The van der Waals surface area contributed by atoms with Gasteiger partial charge in [0.05, 0.1) is 11.1 Å². The number of carbonyl (C=O) groups excluding carboxylic acids is 1. The lowest BCUT2D eigenvalue weighted by Gasteiger charge is -2.38. The van der Waals surface area contributed by atoms with Gasteiger partial charge in [0.15, 0.2) is 6.10 Å². The molecular formula is C16H25NO3. The van der Waals surface area contributed by atoms with Gasteiger partial charge in [-0.1, -0.05) is 12.1 Å². The maximum absolute atomic E-state index is 12.1. The summed E-state index contributed by atoms with van der Waals surface area (Å²) in [5, 5.41) is 12.9. The number of rotatable bonds is 5. The molecule has 0 saturated heterocycles. The fourth-order valence-corrected chi connectivity index (χ4v) is 1.51. The molecule has 0 heterocycles. The van der Waals surface area contributed by atoms with E-state index in [0.717, 1.165) is 5.56 Å². The first kappa shape index (κ1) is 16.5. The van der Waals surface area contributed by atoms with Crippen molar-refractivity contribution in [3.8, 4) is 5.75 Å². The summed E-state index contributed by atoms with van der Waals surface area (Å²) in [7, 11) is 0. The first-order chi connectivity index (χ1) is 9.03. The van der Waals surface area contributed by atoms with E-state index < -0.39 is 17.2 Å². The van der Waals surface area contributed by atoms with Crippen molar-refractivity contribution in [2.75, 3.05) is 0 Å². The van der Waals surface area contributed by atoms with E-state index in [9.17, 15) is 9.90 Å². The summed E-state index contributed by atoms with van der Waals surface area (Å²) in [6.45, 7) is 10.6. The lowest BCUT2D eigenvalue weighted by atomic mass is 9.86. The van der Waals surface area contributed by atoms with E-state index in [-0.39, 0.29) is 5.91 Å². The third kappa shape index (κ3) is 4.23. The molecule has 0 radical (unpaired) electrons. The molecule has 4 heteroatoms. The predicted molar refractivity (Wildman–Crippen MR) is 79.8 cm³/mol. The Morgan fingerprint density at radius 1 is 1.30 bits per heavy atom. The van der Waals surface area contributed by atoms with Crippen molar-refractivity contribution in [2.45, 2.75) is 58.8 Å². The zero-order valence-electron chi connectivity index (χ0n) is 13.2. The van der Waals surface area contributed by atoms with Crippen molar-refractivity contribution in [1.82, 2.24) is 5.32 Å². The Balaban J connectivity index is 2.69. The molecule has 0 aromatic heterocycles. The van der Waals surface area contributed by atoms with Crippen LogP contribution in [0.15, 0.2) is 24.3 Å². The Labute approximate surface area is 121 Å². The van der Waals surface area contributed by atoms with Crippen molar-refractivity contribution < 1.29 is 14.6 Å². The largest absolute Gasteiger partial charge is 0.481 e. The van der Waals surface area contributed by atoms with Gasteiger partial charge in [0, 0.05) is 0 Å². The average molecular weight is 279 g/mol. The Morgan fingerprint density at radius 3 is 2.40 bits per heavy atom. The maximum atomic E-state index is 12.1. The van der Waals surface area contributed by atoms with Gasteiger partial charge in [-0.3, -0.25) is 4.79 Å². The molecule has 0 aliphatic rings. The minimum absolute atomic E-state index is 0.251. The molecule has 1 amide bonds. The lowest BCUT2D eigenvalue weighted by Crippen LogP contribution is -2.59. The summed E-state index contributed by atoms with van der Waals surface area (Å²) in [4.78, 5) is 12.1. The molecule has 1 atom stereocenters. The molecule has 1 rings (SSSR count). The zero-order valence-corrected chi connectivity index (χ0v) is 13.2. The molecule has 1 unspecified atom stereocenters. The summed E-state index contributed by atoms with van der Waals surface area (Å²) < 4.78 is 5.62. The Bertz CT molecular complexity index is 475. The molecule has 0 bridgehead atoms. The smallest absolute Gasteiger partial charge is 0.261 e. The van der Waals surface area contributed by atoms with E-state index in [2.05, 4.69) is 5.32 Å². The lowest BCUT2D eigenvalue weighted by molar-refractivity contribution is -0.132. The van der Waals surface area contributed by atoms with Gasteiger partial charge in [0.1, 0.15) is 5.75 Å². The van der Waals surface area contributed by atoms with Gasteiger partial charge < -0.3 is 15.2 Å². The van der Waals surface area contributed by atoms with E-state index in [0.29, 0.717) is 5.75 Å². The highest BCUT2D eigenvalue weighted by Crippen LogP contribution is 2.21. The van der Waals surface area contributed by atoms with Crippen molar-refractivity contribution in [3.63, 3.8) is 0 Å². The van der Waals surface area contributed by atoms with Crippen molar-refractivity contribution in [1.29, 1.82) is 0 Å². The van der Waals surface area contributed by atoms with Crippen LogP contribution in [0.5, 0.6) is 5.75 Å². The van der Waals surface area contributed by atoms with Crippen LogP contribution in [0.3, 0.4) is 0 Å². The van der Waals surface area contributed by atoms with Crippen LogP contribution in [-0.4, -0.2) is 28.3 Å². The topological polar surface area (TPSA) is 58.6 Å². The average Bonchev–Trinajstić information content (AvgIpc) is 2.26. The molecule has 2 N–H and O–H groups in total. The fraction of sp³-hybridized carbons (Fsp3) is 0.562. The summed E-state index contributed by atoms with van der Waals surface area (Å²) >= 11 is 0. The van der Waals surface area contributed by atoms with Gasteiger partial charge >= 0.3 is 0 Å². The number of carbonyl (C=O) groups is 1. The molecule has 4 nitrogen and oxygen atoms in total. The van der Waals surface area contributed by atoms with Crippen LogP contribution in [-0.2, 0) is 4.79 Å². The van der Waals surface area contributed by atoms with Gasteiger partial charge in [-0.05, 0) is 59.2 Å². The Hall–Kier alpha value is -1.55. The fourth-order valence-electron chi connectivity index (χ4n) is 1.51. The number of hydrogen-bond acceptors (Lipinski definition) is 3. The van der Waals surface area contributed by atoms with E-state index in [1.54, 1.807) is 34.6 Å². The number of amides is 1. The molecule has 0 aliphatic carbocycles. The normalized spacial score (nSPS) is 13.8. The first-order valence-electron chi connectivity index (χ1n) is 6.80. The molecule has 0 fully saturated rings. The van der Waals surface area contributed by atoms with Crippen LogP contribution in [0.1, 0.15) is 40.2 Å². The highest BCUT2D eigenvalue weighted by Gasteiger charge is 2.37. The van der Waals surface area contributed by atoms with Crippen LogP contribution in [0.2, 0.25) is 0 Å². The van der Waals surface area contributed by atoms with Crippen LogP contribution in [0.4, 0.5) is 0 Å². The molecule has 20 heavy (non-hydrogen) atoms. The molecule has 112 valence electrons. The molecule has 1 aromatic carbocycles. The van der Waals surface area contributed by atoms with Gasteiger partial charge in [-0.15, -0.1) is 0 Å². The maximum Gasteiger partial charge on any atom is 0.261 e. The molecule has 0 spiro atoms. The number of ether oxygens (including phenoxy) is 1. The molecule has 1 aromatic rings. The highest BCUT2D eigenvalue weighted by molar-refractivity contribution is 5.81. The zero-order chi connectivity index (χ0) is 15.6. The number of aryl methyl sites for hydroxylation is 1. The first-order valence-corrected chi connectivity index (χ1v) is 6.80. The van der Waals surface area contributed by atoms with E-state index in [1.165, 1.54) is 0 Å². The van der Waals surface area contributed by atoms with Gasteiger partial charge in [0.2, 0.25) is 0 Å². The second-order valence-electron chi connectivity index (χ2n) is 6.25. The number of hydrogen-bond donors (Lipinski definition) is 2. The number of nitrogens with one attached hydrogen (secondary N) is 1. The van der Waals surface area contributed by atoms with Crippen LogP contribution in [0, 0.1) is 6.92 Å². The monoisotopic (exact) mass is 279 g/mol. The summed E-state index contributed by atoms with van der Waals surface area (Å²) in [5.41, 5.74) is -0.688. The molecule has 0 aliphatic heterocycles. The summed E-state index contributed by atoms with van der Waals surface area (Å²) in [6, 6.07) is 7.55. The van der Waals surface area contributed by atoms with E-state index >= 15 is 0 Å². The third-order valence-electron chi connectivity index (χ3n) is 3.64. The second kappa shape index (κ2) is 5.83. The highest BCUT2D eigenvalue weighted by atomic mass is 16.5. The quantitative estimate of drug-likeness (QED) is 0.870. The second-order valence-corrected chi connectivity index (χ2v) is 6.25. The number of benzene rings is 1. The van der Waals surface area contributed by atoms with Gasteiger partial charge in [-0.2, -0.15) is 0 Å². The minimum Gasteiger partial charge on any atom is -0.481 e. The molecular weight excluding hydrogens is 254 g/mol.